The highest BCUT2D eigenvalue weighted by molar-refractivity contribution is 7.89. The third kappa shape index (κ3) is 3.95. The molecular weight excluding hydrogens is 273 g/mol. The molecule has 1 rings (SSSR count). The van der Waals surface area contributed by atoms with Crippen LogP contribution >= 0.6 is 0 Å². The zero-order chi connectivity index (χ0) is 14.0. The molecule has 0 fully saturated rings. The predicted octanol–water partition coefficient (Wildman–Crippen LogP) is 0.830. The minimum Gasteiger partial charge on any atom is -0.301 e. The first-order valence-electron chi connectivity index (χ1n) is 5.16. The maximum absolute atomic E-state index is 12.1. The van der Waals surface area contributed by atoms with Crippen LogP contribution in [0.3, 0.4) is 0 Å². The Kier molecular flexibility index (Phi) is 4.32. The number of primary sulfonamides is 1. The zero-order valence-corrected chi connectivity index (χ0v) is 10.4. The minimum atomic E-state index is -4.33. The molecule has 1 aromatic rings. The molecule has 0 bridgehead atoms. The number of nitrogens with two attached hydrogens (primary N) is 1. The number of nitrogens with zero attached hydrogens (tertiary/aromatic N) is 3. The fraction of sp³-hybridized carbons (Fsp3) is 0.750. The second-order valence-corrected chi connectivity index (χ2v) is 5.17. The zero-order valence-electron chi connectivity index (χ0n) is 9.61. The summed E-state index contributed by atoms with van der Waals surface area (Å²) in [6, 6.07) is 0. The van der Waals surface area contributed by atoms with Gasteiger partial charge >= 0.3 is 6.18 Å². The Labute approximate surface area is 102 Å². The lowest BCUT2D eigenvalue weighted by Crippen LogP contribution is -2.20. The first-order valence-corrected chi connectivity index (χ1v) is 6.71. The molecule has 6 nitrogen and oxygen atoms in total. The highest BCUT2D eigenvalue weighted by Crippen LogP contribution is 2.22. The molecule has 0 aromatic carbocycles. The molecule has 0 spiro atoms. The molecule has 0 saturated heterocycles. The van der Waals surface area contributed by atoms with Crippen molar-refractivity contribution in [1.82, 2.24) is 14.8 Å². The van der Waals surface area contributed by atoms with E-state index in [1.54, 1.807) is 6.92 Å². The maximum atomic E-state index is 12.1. The molecule has 2 N–H and O–H groups in total. The summed E-state index contributed by atoms with van der Waals surface area (Å²) < 4.78 is 59.8. The largest absolute Gasteiger partial charge is 0.389 e. The Hall–Kier alpha value is -1.16. The van der Waals surface area contributed by atoms with Crippen LogP contribution in [-0.2, 0) is 23.0 Å². The van der Waals surface area contributed by atoms with Crippen LogP contribution in [0.1, 0.15) is 25.6 Å². The molecular formula is C8H13F3N4O2S. The smallest absolute Gasteiger partial charge is 0.301 e. The van der Waals surface area contributed by atoms with Gasteiger partial charge in [-0.25, -0.2) is 13.6 Å². The fourth-order valence-corrected chi connectivity index (χ4v) is 2.07. The van der Waals surface area contributed by atoms with E-state index < -0.39 is 34.2 Å². The van der Waals surface area contributed by atoms with E-state index in [9.17, 15) is 21.6 Å². The average molecular weight is 286 g/mol. The van der Waals surface area contributed by atoms with Gasteiger partial charge in [-0.1, -0.05) is 6.92 Å². The van der Waals surface area contributed by atoms with E-state index in [0.717, 1.165) is 4.57 Å². The molecule has 0 saturated carbocycles. The second-order valence-electron chi connectivity index (χ2n) is 3.71. The predicted molar refractivity (Wildman–Crippen MR) is 56.1 cm³/mol. The summed E-state index contributed by atoms with van der Waals surface area (Å²) in [4.78, 5) is 0. The van der Waals surface area contributed by atoms with E-state index >= 15 is 0 Å². The molecule has 1 aromatic heterocycles. The summed E-state index contributed by atoms with van der Waals surface area (Å²) in [7, 11) is -4.08. The van der Waals surface area contributed by atoms with E-state index in [2.05, 4.69) is 10.2 Å². The van der Waals surface area contributed by atoms with E-state index in [4.69, 9.17) is 5.14 Å². The first kappa shape index (κ1) is 14.9. The second kappa shape index (κ2) is 5.22. The normalized spacial score (nSPS) is 12.9. The molecule has 10 heteroatoms. The maximum Gasteiger partial charge on any atom is 0.389 e. The molecule has 0 unspecified atom stereocenters. The lowest BCUT2D eigenvalue weighted by Gasteiger charge is -2.09. The number of sulfonamides is 1. The minimum absolute atomic E-state index is 0.0294. The van der Waals surface area contributed by atoms with Crippen molar-refractivity contribution in [1.29, 1.82) is 0 Å². The Morgan fingerprint density at radius 1 is 1.33 bits per heavy atom. The quantitative estimate of drug-likeness (QED) is 0.868. The summed E-state index contributed by atoms with van der Waals surface area (Å²) in [5, 5.41) is 11.2. The van der Waals surface area contributed by atoms with Crippen LogP contribution in [0.2, 0.25) is 0 Å². The summed E-state index contributed by atoms with van der Waals surface area (Å²) in [5.41, 5.74) is 0. The molecule has 0 atom stereocenters. The van der Waals surface area contributed by atoms with E-state index in [0.29, 0.717) is 6.42 Å². The van der Waals surface area contributed by atoms with Crippen LogP contribution in [0.25, 0.3) is 0 Å². The van der Waals surface area contributed by atoms with Crippen LogP contribution < -0.4 is 5.14 Å². The molecule has 0 aliphatic carbocycles. The number of halogens is 3. The molecule has 0 aliphatic rings. The van der Waals surface area contributed by atoms with Crippen LogP contribution in [0.4, 0.5) is 13.2 Å². The monoisotopic (exact) mass is 286 g/mol. The van der Waals surface area contributed by atoms with Gasteiger partial charge in [0, 0.05) is 13.0 Å². The van der Waals surface area contributed by atoms with Gasteiger partial charge in [0.05, 0.1) is 6.42 Å². The van der Waals surface area contributed by atoms with Gasteiger partial charge in [0.25, 0.3) is 15.2 Å². The van der Waals surface area contributed by atoms with Crippen LogP contribution in [0, 0.1) is 0 Å². The van der Waals surface area contributed by atoms with E-state index in [1.807, 2.05) is 0 Å². The summed E-state index contributed by atoms with van der Waals surface area (Å²) in [6.45, 7) is 1.95. The van der Waals surface area contributed by atoms with Crippen molar-refractivity contribution in [2.24, 2.45) is 5.14 Å². The number of hydrogen-bond donors (Lipinski definition) is 1. The summed E-state index contributed by atoms with van der Waals surface area (Å²) in [6.07, 6.45) is -5.31. The first-order chi connectivity index (χ1) is 8.15. The van der Waals surface area contributed by atoms with Crippen molar-refractivity contribution in [3.05, 3.63) is 5.82 Å². The van der Waals surface area contributed by atoms with Crippen LogP contribution in [0.5, 0.6) is 0 Å². The topological polar surface area (TPSA) is 90.9 Å². The Balaban J connectivity index is 3.03. The number of rotatable bonds is 5. The van der Waals surface area contributed by atoms with Gasteiger partial charge in [0.15, 0.2) is 0 Å². The number of alkyl halides is 3. The van der Waals surface area contributed by atoms with Gasteiger partial charge in [-0.2, -0.15) is 13.2 Å². The van der Waals surface area contributed by atoms with Gasteiger partial charge in [-0.15, -0.1) is 10.2 Å². The fourth-order valence-electron chi connectivity index (χ4n) is 1.42. The summed E-state index contributed by atoms with van der Waals surface area (Å²) in [5.74, 6) is -0.0294. The molecule has 0 aliphatic heterocycles. The lowest BCUT2D eigenvalue weighted by atomic mass is 10.3. The van der Waals surface area contributed by atoms with Gasteiger partial charge in [-0.05, 0) is 6.42 Å². The van der Waals surface area contributed by atoms with Crippen molar-refractivity contribution in [3.63, 3.8) is 0 Å². The highest BCUT2D eigenvalue weighted by Gasteiger charge is 2.29. The van der Waals surface area contributed by atoms with Crippen LogP contribution in [0.15, 0.2) is 5.16 Å². The van der Waals surface area contributed by atoms with Gasteiger partial charge in [-0.3, -0.25) is 0 Å². The van der Waals surface area contributed by atoms with E-state index in [1.165, 1.54) is 0 Å². The molecule has 18 heavy (non-hydrogen) atoms. The van der Waals surface area contributed by atoms with Gasteiger partial charge in [0.1, 0.15) is 5.82 Å². The third-order valence-electron chi connectivity index (χ3n) is 2.13. The average Bonchev–Trinajstić information content (AvgIpc) is 2.57. The SMILES string of the molecule is CCCn1c(CCC(F)(F)F)nnc1S(N)(=O)=O. The number of hydrogen-bond acceptors (Lipinski definition) is 4. The number of aryl methyl sites for hydroxylation is 1. The van der Waals surface area contributed by atoms with Gasteiger partial charge in [0.2, 0.25) is 0 Å². The molecule has 0 radical (unpaired) electrons. The standard InChI is InChI=1S/C8H13F3N4O2S/c1-2-5-15-6(3-4-8(9,10)11)13-14-7(15)18(12,16)17/h2-5H2,1H3,(H2,12,16,17). The van der Waals surface area contributed by atoms with Crippen LogP contribution in [-0.4, -0.2) is 29.4 Å². The Morgan fingerprint density at radius 2 is 1.94 bits per heavy atom. The Bertz CT molecular complexity index is 509. The molecule has 0 amide bonds. The molecule has 104 valence electrons. The van der Waals surface area contributed by atoms with Crippen molar-refractivity contribution < 1.29 is 21.6 Å². The van der Waals surface area contributed by atoms with E-state index in [-0.39, 0.29) is 12.4 Å². The summed E-state index contributed by atoms with van der Waals surface area (Å²) >= 11 is 0. The molecule has 1 heterocycles. The van der Waals surface area contributed by atoms with Crippen molar-refractivity contribution in [3.8, 4) is 0 Å². The van der Waals surface area contributed by atoms with Crippen molar-refractivity contribution in [2.45, 2.75) is 44.1 Å². The lowest BCUT2D eigenvalue weighted by molar-refractivity contribution is -0.134. The van der Waals surface area contributed by atoms with Crippen molar-refractivity contribution >= 4 is 10.0 Å². The highest BCUT2D eigenvalue weighted by atomic mass is 32.2. The van der Waals surface area contributed by atoms with Crippen molar-refractivity contribution in [2.75, 3.05) is 0 Å². The number of aromatic nitrogens is 3. The third-order valence-corrected chi connectivity index (χ3v) is 2.94. The Morgan fingerprint density at radius 3 is 2.39 bits per heavy atom. The van der Waals surface area contributed by atoms with Gasteiger partial charge < -0.3 is 4.57 Å².